The minimum absolute atomic E-state index is 0.793. The number of fused-ring (bicyclic) bond motifs is 1. The molecule has 1 aromatic carbocycles. The van der Waals surface area contributed by atoms with Gasteiger partial charge in [-0.2, -0.15) is 0 Å². The molecule has 18 heavy (non-hydrogen) atoms. The molecule has 1 aromatic rings. The van der Waals surface area contributed by atoms with E-state index >= 15 is 0 Å². The third-order valence-corrected chi connectivity index (χ3v) is 4.21. The molecule has 2 fully saturated rings. The third-order valence-electron chi connectivity index (χ3n) is 4.21. The molecular weight excluding hydrogens is 226 g/mol. The maximum atomic E-state index is 5.90. The van der Waals surface area contributed by atoms with Crippen molar-refractivity contribution in [2.75, 3.05) is 51.0 Å². The summed E-state index contributed by atoms with van der Waals surface area (Å²) in [5.74, 6) is 2.51. The topological polar surface area (TPSA) is 41.7 Å². The summed E-state index contributed by atoms with van der Waals surface area (Å²) in [6.45, 7) is 4.67. The summed E-state index contributed by atoms with van der Waals surface area (Å²) >= 11 is 0. The number of ether oxygens (including phenoxy) is 1. The normalized spacial score (nSPS) is 27.6. The van der Waals surface area contributed by atoms with Gasteiger partial charge in [-0.05, 0) is 37.1 Å². The zero-order valence-corrected chi connectivity index (χ0v) is 11.1. The predicted octanol–water partition coefficient (Wildman–Crippen LogP) is 1.28. The number of methoxy groups -OCH3 is 1. The highest BCUT2D eigenvalue weighted by Crippen LogP contribution is 2.38. The highest BCUT2D eigenvalue weighted by molar-refractivity contribution is 5.65. The summed E-state index contributed by atoms with van der Waals surface area (Å²) in [6.07, 6.45) is 0. The quantitative estimate of drug-likeness (QED) is 0.799. The Hall–Kier alpha value is -1.42. The van der Waals surface area contributed by atoms with Crippen LogP contribution in [0.25, 0.3) is 0 Å². The Labute approximate surface area is 108 Å². The molecule has 2 saturated heterocycles. The van der Waals surface area contributed by atoms with Crippen LogP contribution in [0.3, 0.4) is 0 Å². The average molecular weight is 247 g/mol. The minimum atomic E-state index is 0.793. The fourth-order valence-electron chi connectivity index (χ4n) is 3.38. The number of hydrogen-bond acceptors (Lipinski definition) is 4. The zero-order valence-electron chi connectivity index (χ0n) is 11.1. The van der Waals surface area contributed by atoms with Crippen LogP contribution < -0.4 is 15.4 Å². The Balaban J connectivity index is 1.83. The number of benzene rings is 1. The first kappa shape index (κ1) is 11.7. The fraction of sp³-hybridized carbons (Fsp3) is 0.571. The van der Waals surface area contributed by atoms with Gasteiger partial charge >= 0.3 is 0 Å². The Morgan fingerprint density at radius 2 is 1.83 bits per heavy atom. The molecule has 0 saturated carbocycles. The standard InChI is InChI=1S/C14H21N3O/c1-16-6-10-8-17(9-11(10)7-16)13-5-12(15)3-4-14(13)18-2/h3-5,10-11H,6-9,15H2,1-2H3. The van der Waals surface area contributed by atoms with E-state index in [0.717, 1.165) is 42.0 Å². The van der Waals surface area contributed by atoms with Crippen molar-refractivity contribution < 1.29 is 4.74 Å². The van der Waals surface area contributed by atoms with Gasteiger partial charge in [0.25, 0.3) is 0 Å². The SMILES string of the molecule is COc1ccc(N)cc1N1CC2CN(C)CC2C1. The van der Waals surface area contributed by atoms with Crippen LogP contribution in [0.4, 0.5) is 11.4 Å². The highest BCUT2D eigenvalue weighted by Gasteiger charge is 2.39. The molecule has 2 heterocycles. The summed E-state index contributed by atoms with van der Waals surface area (Å²) in [7, 11) is 3.93. The number of anilines is 2. The van der Waals surface area contributed by atoms with Gasteiger partial charge in [0.1, 0.15) is 5.75 Å². The Morgan fingerprint density at radius 1 is 1.17 bits per heavy atom. The molecule has 0 radical (unpaired) electrons. The number of rotatable bonds is 2. The first-order valence-corrected chi connectivity index (χ1v) is 6.54. The second kappa shape index (κ2) is 4.35. The zero-order chi connectivity index (χ0) is 12.7. The van der Waals surface area contributed by atoms with Gasteiger partial charge in [0.15, 0.2) is 0 Å². The van der Waals surface area contributed by atoms with Gasteiger partial charge in [-0.1, -0.05) is 0 Å². The van der Waals surface area contributed by atoms with Crippen LogP contribution in [0.1, 0.15) is 0 Å². The van der Waals surface area contributed by atoms with Crippen LogP contribution in [0.5, 0.6) is 5.75 Å². The van der Waals surface area contributed by atoms with Gasteiger partial charge in [0, 0.05) is 31.9 Å². The van der Waals surface area contributed by atoms with E-state index in [9.17, 15) is 0 Å². The van der Waals surface area contributed by atoms with Crippen LogP contribution in [0, 0.1) is 11.8 Å². The number of nitrogens with zero attached hydrogens (tertiary/aromatic N) is 2. The molecule has 0 aromatic heterocycles. The molecule has 0 amide bonds. The summed E-state index contributed by atoms with van der Waals surface area (Å²) in [4.78, 5) is 4.86. The maximum absolute atomic E-state index is 5.90. The van der Waals surface area contributed by atoms with Gasteiger partial charge in [0.05, 0.1) is 12.8 Å². The molecule has 2 atom stereocenters. The lowest BCUT2D eigenvalue weighted by Gasteiger charge is -2.23. The summed E-state index contributed by atoms with van der Waals surface area (Å²) in [5, 5.41) is 0. The van der Waals surface area contributed by atoms with Gasteiger partial charge < -0.3 is 20.3 Å². The van der Waals surface area contributed by atoms with Crippen LogP contribution in [-0.4, -0.2) is 45.2 Å². The van der Waals surface area contributed by atoms with Crippen LogP contribution in [0.15, 0.2) is 18.2 Å². The van der Waals surface area contributed by atoms with Crippen molar-refractivity contribution in [2.24, 2.45) is 11.8 Å². The van der Waals surface area contributed by atoms with E-state index < -0.39 is 0 Å². The van der Waals surface area contributed by atoms with Gasteiger partial charge in [-0.3, -0.25) is 0 Å². The number of hydrogen-bond donors (Lipinski definition) is 1. The van der Waals surface area contributed by atoms with Gasteiger partial charge in [0.2, 0.25) is 0 Å². The monoisotopic (exact) mass is 247 g/mol. The molecule has 0 bridgehead atoms. The molecule has 4 heteroatoms. The minimum Gasteiger partial charge on any atom is -0.495 e. The summed E-state index contributed by atoms with van der Waals surface area (Å²) < 4.78 is 5.45. The number of likely N-dealkylation sites (tertiary alicyclic amines) is 1. The predicted molar refractivity (Wildman–Crippen MR) is 74.1 cm³/mol. The first-order chi connectivity index (χ1) is 8.67. The Kier molecular flexibility index (Phi) is 2.82. The van der Waals surface area contributed by atoms with Crippen LogP contribution in [-0.2, 0) is 0 Å². The van der Waals surface area contributed by atoms with Crippen molar-refractivity contribution in [3.05, 3.63) is 18.2 Å². The van der Waals surface area contributed by atoms with Crippen LogP contribution in [0.2, 0.25) is 0 Å². The molecule has 2 N–H and O–H groups in total. The number of nitrogen functional groups attached to an aromatic ring is 1. The lowest BCUT2D eigenvalue weighted by Crippen LogP contribution is -2.27. The Bertz CT molecular complexity index is 435. The largest absolute Gasteiger partial charge is 0.495 e. The maximum Gasteiger partial charge on any atom is 0.142 e. The molecule has 2 unspecified atom stereocenters. The lowest BCUT2D eigenvalue weighted by molar-refractivity contribution is 0.385. The van der Waals surface area contributed by atoms with E-state index in [1.54, 1.807) is 7.11 Å². The fourth-order valence-corrected chi connectivity index (χ4v) is 3.38. The van der Waals surface area contributed by atoms with Crippen molar-refractivity contribution in [2.45, 2.75) is 0 Å². The lowest BCUT2D eigenvalue weighted by atomic mass is 10.0. The molecule has 2 aliphatic heterocycles. The smallest absolute Gasteiger partial charge is 0.142 e. The number of nitrogens with two attached hydrogens (primary N) is 1. The van der Waals surface area contributed by atoms with E-state index in [1.807, 2.05) is 18.2 Å². The van der Waals surface area contributed by atoms with Gasteiger partial charge in [-0.25, -0.2) is 0 Å². The first-order valence-electron chi connectivity index (χ1n) is 6.54. The molecule has 3 rings (SSSR count). The van der Waals surface area contributed by atoms with E-state index in [1.165, 1.54) is 13.1 Å². The van der Waals surface area contributed by atoms with E-state index in [4.69, 9.17) is 10.5 Å². The average Bonchev–Trinajstić information content (AvgIpc) is 2.85. The second-order valence-corrected chi connectivity index (χ2v) is 5.58. The van der Waals surface area contributed by atoms with E-state index in [-0.39, 0.29) is 0 Å². The molecule has 0 spiro atoms. The van der Waals surface area contributed by atoms with Crippen molar-refractivity contribution in [1.82, 2.24) is 4.90 Å². The third kappa shape index (κ3) is 1.90. The summed E-state index contributed by atoms with van der Waals surface area (Å²) in [5.41, 5.74) is 7.85. The molecule has 2 aliphatic rings. The molecule has 4 nitrogen and oxygen atoms in total. The Morgan fingerprint density at radius 3 is 2.44 bits per heavy atom. The van der Waals surface area contributed by atoms with E-state index in [0.29, 0.717) is 0 Å². The van der Waals surface area contributed by atoms with E-state index in [2.05, 4.69) is 16.8 Å². The molecule has 98 valence electrons. The van der Waals surface area contributed by atoms with Crippen LogP contribution >= 0.6 is 0 Å². The van der Waals surface area contributed by atoms with Gasteiger partial charge in [-0.15, -0.1) is 0 Å². The van der Waals surface area contributed by atoms with Crippen molar-refractivity contribution in [3.63, 3.8) is 0 Å². The van der Waals surface area contributed by atoms with Crippen molar-refractivity contribution >= 4 is 11.4 Å². The molecular formula is C14H21N3O. The summed E-state index contributed by atoms with van der Waals surface area (Å²) in [6, 6.07) is 5.89. The molecule has 0 aliphatic carbocycles. The highest BCUT2D eigenvalue weighted by atomic mass is 16.5. The second-order valence-electron chi connectivity index (χ2n) is 5.58. The van der Waals surface area contributed by atoms with Crippen molar-refractivity contribution in [1.29, 1.82) is 0 Å². The van der Waals surface area contributed by atoms with Crippen molar-refractivity contribution in [3.8, 4) is 5.75 Å².